The predicted octanol–water partition coefficient (Wildman–Crippen LogP) is 4.72. The Hall–Kier alpha value is -3.26. The Morgan fingerprint density at radius 1 is 0.886 bits per heavy atom. The van der Waals surface area contributed by atoms with Crippen LogP contribution < -0.4 is 9.46 Å². The first-order valence-corrected chi connectivity index (χ1v) is 13.4. The van der Waals surface area contributed by atoms with Gasteiger partial charge in [-0.05, 0) is 61.8 Å². The van der Waals surface area contributed by atoms with Crippen molar-refractivity contribution >= 4 is 20.9 Å². The van der Waals surface area contributed by atoms with Crippen molar-refractivity contribution in [2.24, 2.45) is 0 Å². The Kier molecular flexibility index (Phi) is 7.08. The van der Waals surface area contributed by atoms with E-state index in [1.807, 2.05) is 42.5 Å². The van der Waals surface area contributed by atoms with Crippen molar-refractivity contribution < 1.29 is 13.2 Å². The maximum atomic E-state index is 13.1. The van der Waals surface area contributed by atoms with Gasteiger partial charge in [0, 0.05) is 29.7 Å². The SMILES string of the molecule is O=S(=O)(NC1CCN(CCOc2ccccc2-c2ccccc2)CC1)c1cccc2ncccc12. The molecule has 0 aliphatic carbocycles. The zero-order valence-electron chi connectivity index (χ0n) is 19.5. The van der Waals surface area contributed by atoms with Gasteiger partial charge >= 0.3 is 0 Å². The minimum absolute atomic E-state index is 0.0806. The second-order valence-corrected chi connectivity index (χ2v) is 10.5. The van der Waals surface area contributed by atoms with Gasteiger partial charge in [-0.1, -0.05) is 54.6 Å². The molecule has 1 saturated heterocycles. The van der Waals surface area contributed by atoms with E-state index in [9.17, 15) is 8.42 Å². The summed E-state index contributed by atoms with van der Waals surface area (Å²) in [6.07, 6.45) is 3.21. The number of ether oxygens (including phenoxy) is 1. The number of nitrogens with zero attached hydrogens (tertiary/aromatic N) is 2. The average Bonchev–Trinajstić information content (AvgIpc) is 2.90. The van der Waals surface area contributed by atoms with Crippen LogP contribution >= 0.6 is 0 Å². The summed E-state index contributed by atoms with van der Waals surface area (Å²) in [5, 5.41) is 0.646. The maximum absolute atomic E-state index is 13.1. The second-order valence-electron chi connectivity index (χ2n) is 8.77. The van der Waals surface area contributed by atoms with Crippen molar-refractivity contribution in [3.05, 3.63) is 91.1 Å². The lowest BCUT2D eigenvalue weighted by molar-refractivity contribution is 0.171. The van der Waals surface area contributed by atoms with Crippen LogP contribution in [0.3, 0.4) is 0 Å². The first-order chi connectivity index (χ1) is 17.1. The third-order valence-corrected chi connectivity index (χ3v) is 8.02. The number of piperidine rings is 1. The van der Waals surface area contributed by atoms with Gasteiger partial charge in [0.2, 0.25) is 10.0 Å². The maximum Gasteiger partial charge on any atom is 0.241 e. The highest BCUT2D eigenvalue weighted by molar-refractivity contribution is 7.89. The number of para-hydroxylation sites is 1. The highest BCUT2D eigenvalue weighted by atomic mass is 32.2. The fraction of sp³-hybridized carbons (Fsp3) is 0.250. The molecule has 2 heterocycles. The molecule has 0 bridgehead atoms. The summed E-state index contributed by atoms with van der Waals surface area (Å²) in [5.74, 6) is 0.880. The third-order valence-electron chi connectivity index (χ3n) is 6.44. The van der Waals surface area contributed by atoms with Gasteiger partial charge in [0.1, 0.15) is 12.4 Å². The Bertz CT molecular complexity index is 1380. The zero-order valence-corrected chi connectivity index (χ0v) is 20.3. The molecule has 1 aromatic heterocycles. The first-order valence-electron chi connectivity index (χ1n) is 12.0. The van der Waals surface area contributed by atoms with E-state index in [0.717, 1.165) is 49.4 Å². The van der Waals surface area contributed by atoms with Crippen LogP contribution in [0.4, 0.5) is 0 Å². The van der Waals surface area contributed by atoms with Gasteiger partial charge in [-0.15, -0.1) is 0 Å². The van der Waals surface area contributed by atoms with Gasteiger partial charge in [0.25, 0.3) is 0 Å². The van der Waals surface area contributed by atoms with Gasteiger partial charge in [-0.25, -0.2) is 13.1 Å². The van der Waals surface area contributed by atoms with Crippen molar-refractivity contribution in [2.75, 3.05) is 26.2 Å². The molecule has 3 aromatic carbocycles. The topological polar surface area (TPSA) is 71.5 Å². The molecule has 0 amide bonds. The molecular weight excluding hydrogens is 458 g/mol. The number of hydrogen-bond donors (Lipinski definition) is 1. The van der Waals surface area contributed by atoms with Gasteiger partial charge in [-0.2, -0.15) is 0 Å². The number of pyridine rings is 1. The van der Waals surface area contributed by atoms with Gasteiger partial charge < -0.3 is 4.74 Å². The summed E-state index contributed by atoms with van der Waals surface area (Å²) in [4.78, 5) is 6.89. The van der Waals surface area contributed by atoms with Crippen LogP contribution in [0.25, 0.3) is 22.0 Å². The van der Waals surface area contributed by atoms with Crippen LogP contribution in [0.15, 0.2) is 96.0 Å². The summed E-state index contributed by atoms with van der Waals surface area (Å²) < 4.78 is 35.3. The van der Waals surface area contributed by atoms with Gasteiger partial charge in [0.15, 0.2) is 0 Å². The van der Waals surface area contributed by atoms with Crippen LogP contribution in [0, 0.1) is 0 Å². The lowest BCUT2D eigenvalue weighted by atomic mass is 10.1. The molecule has 0 spiro atoms. The second kappa shape index (κ2) is 10.6. The van der Waals surface area contributed by atoms with Crippen LogP contribution in [-0.4, -0.2) is 50.6 Å². The normalized spacial score (nSPS) is 15.3. The predicted molar refractivity (Wildman–Crippen MR) is 139 cm³/mol. The summed E-state index contributed by atoms with van der Waals surface area (Å²) in [6, 6.07) is 27.0. The third kappa shape index (κ3) is 5.53. The zero-order chi connectivity index (χ0) is 24.1. The number of likely N-dealkylation sites (tertiary alicyclic amines) is 1. The van der Waals surface area contributed by atoms with E-state index in [0.29, 0.717) is 17.5 Å². The summed E-state index contributed by atoms with van der Waals surface area (Å²) in [5.41, 5.74) is 2.90. The number of nitrogens with one attached hydrogen (secondary N) is 1. The van der Waals surface area contributed by atoms with Crippen molar-refractivity contribution in [3.8, 4) is 16.9 Å². The first kappa shape index (κ1) is 23.5. The fourth-order valence-corrected chi connectivity index (χ4v) is 6.12. The average molecular weight is 488 g/mol. The Balaban J connectivity index is 1.14. The Morgan fingerprint density at radius 2 is 1.66 bits per heavy atom. The monoisotopic (exact) mass is 487 g/mol. The summed E-state index contributed by atoms with van der Waals surface area (Å²) in [6.45, 7) is 3.04. The van der Waals surface area contributed by atoms with E-state index in [-0.39, 0.29) is 10.9 Å². The number of benzene rings is 3. The standard InChI is InChI=1S/C28H29N3O3S/c32-35(33,28-14-6-12-26-25(28)11-7-17-29-26)30-23-15-18-31(19-16-23)20-21-34-27-13-5-4-10-24(27)22-8-2-1-3-9-22/h1-14,17,23,30H,15-16,18-21H2. The molecule has 1 aliphatic heterocycles. The molecule has 1 aliphatic rings. The number of sulfonamides is 1. The molecule has 180 valence electrons. The smallest absolute Gasteiger partial charge is 0.241 e. The summed E-state index contributed by atoms with van der Waals surface area (Å²) >= 11 is 0. The van der Waals surface area contributed by atoms with Gasteiger partial charge in [-0.3, -0.25) is 9.88 Å². The largest absolute Gasteiger partial charge is 0.492 e. The Labute approximate surface area is 206 Å². The number of hydrogen-bond acceptors (Lipinski definition) is 5. The van der Waals surface area contributed by atoms with Crippen molar-refractivity contribution in [1.29, 1.82) is 0 Å². The highest BCUT2D eigenvalue weighted by Gasteiger charge is 2.25. The molecule has 0 unspecified atom stereocenters. The summed E-state index contributed by atoms with van der Waals surface area (Å²) in [7, 11) is -3.62. The molecule has 1 fully saturated rings. The lowest BCUT2D eigenvalue weighted by Gasteiger charge is -2.32. The number of aromatic nitrogens is 1. The molecule has 0 radical (unpaired) electrons. The molecule has 7 heteroatoms. The van der Waals surface area contributed by atoms with E-state index in [1.54, 1.807) is 30.5 Å². The van der Waals surface area contributed by atoms with Crippen molar-refractivity contribution in [3.63, 3.8) is 0 Å². The van der Waals surface area contributed by atoms with Crippen molar-refractivity contribution in [2.45, 2.75) is 23.8 Å². The molecule has 6 nitrogen and oxygen atoms in total. The molecule has 0 saturated carbocycles. The van der Waals surface area contributed by atoms with E-state index in [2.05, 4.69) is 32.8 Å². The molecule has 4 aromatic rings. The van der Waals surface area contributed by atoms with E-state index >= 15 is 0 Å². The van der Waals surface area contributed by atoms with E-state index in [1.165, 1.54) is 0 Å². The molecule has 35 heavy (non-hydrogen) atoms. The molecular formula is C28H29N3O3S. The van der Waals surface area contributed by atoms with Crippen LogP contribution in [0.1, 0.15) is 12.8 Å². The van der Waals surface area contributed by atoms with Crippen LogP contribution in [0.5, 0.6) is 5.75 Å². The number of rotatable bonds is 8. The van der Waals surface area contributed by atoms with Crippen molar-refractivity contribution in [1.82, 2.24) is 14.6 Å². The molecule has 5 rings (SSSR count). The molecule has 1 N–H and O–H groups in total. The molecule has 0 atom stereocenters. The Morgan fingerprint density at radius 3 is 2.49 bits per heavy atom. The minimum atomic E-state index is -3.62. The van der Waals surface area contributed by atoms with Gasteiger partial charge in [0.05, 0.1) is 10.4 Å². The lowest BCUT2D eigenvalue weighted by Crippen LogP contribution is -2.45. The number of fused-ring (bicyclic) bond motifs is 1. The van der Waals surface area contributed by atoms with Crippen LogP contribution in [-0.2, 0) is 10.0 Å². The quantitative estimate of drug-likeness (QED) is 0.389. The van der Waals surface area contributed by atoms with Crippen LogP contribution in [0.2, 0.25) is 0 Å². The highest BCUT2D eigenvalue weighted by Crippen LogP contribution is 2.29. The minimum Gasteiger partial charge on any atom is -0.492 e. The fourth-order valence-electron chi connectivity index (χ4n) is 4.60. The van der Waals surface area contributed by atoms with E-state index < -0.39 is 10.0 Å². The van der Waals surface area contributed by atoms with E-state index in [4.69, 9.17) is 4.74 Å².